The second-order valence-electron chi connectivity index (χ2n) is 5.01. The number of rotatable bonds is 2. The van der Waals surface area contributed by atoms with Gasteiger partial charge in [0.25, 0.3) is 0 Å². The van der Waals surface area contributed by atoms with E-state index in [0.29, 0.717) is 0 Å². The normalized spacial score (nSPS) is 36.4. The van der Waals surface area contributed by atoms with E-state index in [0.717, 1.165) is 17.9 Å². The Morgan fingerprint density at radius 2 is 2.00 bits per heavy atom. The van der Waals surface area contributed by atoms with Crippen molar-refractivity contribution in [1.29, 1.82) is 0 Å². The molecule has 80 valence electrons. The zero-order chi connectivity index (χ0) is 9.38. The zero-order valence-corrected chi connectivity index (χ0v) is 9.56. The molecule has 0 aromatic rings. The van der Waals surface area contributed by atoms with Gasteiger partial charge in [-0.05, 0) is 44.3 Å². The molecule has 0 aromatic heterocycles. The number of nitrogens with one attached hydrogen (secondary N) is 1. The van der Waals surface area contributed by atoms with Crippen molar-refractivity contribution in [1.82, 2.24) is 10.2 Å². The van der Waals surface area contributed by atoms with E-state index in [1.807, 2.05) is 0 Å². The average molecular weight is 212 g/mol. The number of piperidine rings is 1. The van der Waals surface area contributed by atoms with Gasteiger partial charge in [-0.15, -0.1) is 0 Å². The van der Waals surface area contributed by atoms with Gasteiger partial charge in [-0.25, -0.2) is 0 Å². The molecule has 0 amide bonds. The Hall–Kier alpha value is 0.270. The second kappa shape index (κ2) is 4.03. The summed E-state index contributed by atoms with van der Waals surface area (Å²) >= 11 is 2.11. The fourth-order valence-corrected chi connectivity index (χ4v) is 3.70. The highest BCUT2D eigenvalue weighted by molar-refractivity contribution is 8.00. The summed E-state index contributed by atoms with van der Waals surface area (Å²) in [6.07, 6.45) is 2.94. The van der Waals surface area contributed by atoms with Crippen LogP contribution < -0.4 is 5.32 Å². The van der Waals surface area contributed by atoms with E-state index in [4.69, 9.17) is 0 Å². The van der Waals surface area contributed by atoms with E-state index < -0.39 is 0 Å². The highest BCUT2D eigenvalue weighted by Crippen LogP contribution is 2.31. The van der Waals surface area contributed by atoms with Gasteiger partial charge >= 0.3 is 0 Å². The Labute approximate surface area is 90.8 Å². The topological polar surface area (TPSA) is 15.3 Å². The number of nitrogens with zero attached hydrogens (tertiary/aromatic N) is 1. The molecule has 3 heteroatoms. The second-order valence-corrected chi connectivity index (χ2v) is 6.08. The van der Waals surface area contributed by atoms with Crippen LogP contribution in [0.5, 0.6) is 0 Å². The number of likely N-dealkylation sites (tertiary alicyclic amines) is 1. The lowest BCUT2D eigenvalue weighted by Gasteiger charge is -2.45. The maximum absolute atomic E-state index is 3.41. The summed E-state index contributed by atoms with van der Waals surface area (Å²) in [5, 5.41) is 3.41. The summed E-state index contributed by atoms with van der Waals surface area (Å²) in [6.45, 7) is 5.36. The molecule has 3 saturated heterocycles. The van der Waals surface area contributed by atoms with Crippen LogP contribution in [0.4, 0.5) is 0 Å². The first-order valence-electron chi connectivity index (χ1n) is 5.96. The van der Waals surface area contributed by atoms with Crippen molar-refractivity contribution in [2.45, 2.75) is 18.9 Å². The van der Waals surface area contributed by atoms with Gasteiger partial charge in [-0.1, -0.05) is 0 Å². The molecule has 0 aliphatic carbocycles. The summed E-state index contributed by atoms with van der Waals surface area (Å²) in [6, 6.07) is 0.941. The van der Waals surface area contributed by atoms with Crippen LogP contribution in [0.15, 0.2) is 0 Å². The van der Waals surface area contributed by atoms with Crippen LogP contribution in [0, 0.1) is 11.8 Å². The molecule has 3 heterocycles. The lowest BCUT2D eigenvalue weighted by atomic mass is 9.81. The molecule has 1 N–H and O–H groups in total. The van der Waals surface area contributed by atoms with E-state index >= 15 is 0 Å². The Balaban J connectivity index is 1.54. The summed E-state index contributed by atoms with van der Waals surface area (Å²) in [7, 11) is 0. The Bertz CT molecular complexity index is 181. The van der Waals surface area contributed by atoms with Crippen molar-refractivity contribution in [3.63, 3.8) is 0 Å². The minimum atomic E-state index is 0.941. The molecule has 0 saturated carbocycles. The predicted molar refractivity (Wildman–Crippen MR) is 61.8 cm³/mol. The molecule has 14 heavy (non-hydrogen) atoms. The summed E-state index contributed by atoms with van der Waals surface area (Å²) in [5.41, 5.74) is 0. The monoisotopic (exact) mass is 212 g/mol. The lowest BCUT2D eigenvalue weighted by molar-refractivity contribution is 0.0869. The molecule has 3 aliphatic heterocycles. The van der Waals surface area contributed by atoms with Crippen LogP contribution in [0.2, 0.25) is 0 Å². The molecular formula is C11H20N2S. The molecule has 3 fully saturated rings. The maximum Gasteiger partial charge on any atom is 0.0277 e. The van der Waals surface area contributed by atoms with Crippen molar-refractivity contribution in [2.75, 3.05) is 37.7 Å². The van der Waals surface area contributed by atoms with Crippen LogP contribution in [0.25, 0.3) is 0 Å². The standard InChI is InChI=1S/C11H20N2S/c1-2-9(10-4-12-5-10)6-13(3-1)11-7-14-8-11/h9-12H,1-8H2/t9-/m0/s1. The largest absolute Gasteiger partial charge is 0.316 e. The smallest absolute Gasteiger partial charge is 0.0277 e. The molecule has 3 rings (SSSR count). The minimum Gasteiger partial charge on any atom is -0.316 e. The van der Waals surface area contributed by atoms with Crippen molar-refractivity contribution in [3.8, 4) is 0 Å². The van der Waals surface area contributed by atoms with Gasteiger partial charge in [0.2, 0.25) is 0 Å². The summed E-state index contributed by atoms with van der Waals surface area (Å²) in [5.74, 6) is 4.81. The predicted octanol–water partition coefficient (Wildman–Crippen LogP) is 1.03. The van der Waals surface area contributed by atoms with E-state index in [9.17, 15) is 0 Å². The first-order valence-corrected chi connectivity index (χ1v) is 7.11. The van der Waals surface area contributed by atoms with E-state index in [1.54, 1.807) is 0 Å². The number of hydrogen-bond donors (Lipinski definition) is 1. The maximum atomic E-state index is 3.41. The number of hydrogen-bond acceptors (Lipinski definition) is 3. The van der Waals surface area contributed by atoms with E-state index in [1.165, 1.54) is 50.5 Å². The molecule has 0 radical (unpaired) electrons. The van der Waals surface area contributed by atoms with Crippen LogP contribution >= 0.6 is 11.8 Å². The van der Waals surface area contributed by atoms with Gasteiger partial charge in [0.1, 0.15) is 0 Å². The molecule has 0 bridgehead atoms. The first kappa shape index (κ1) is 9.49. The highest BCUT2D eigenvalue weighted by atomic mass is 32.2. The van der Waals surface area contributed by atoms with Crippen LogP contribution in [0.1, 0.15) is 12.8 Å². The number of thioether (sulfide) groups is 1. The van der Waals surface area contributed by atoms with Crippen LogP contribution in [-0.4, -0.2) is 48.6 Å². The van der Waals surface area contributed by atoms with Gasteiger partial charge in [0, 0.05) is 24.1 Å². The minimum absolute atomic E-state index is 0.941. The van der Waals surface area contributed by atoms with Gasteiger partial charge in [-0.2, -0.15) is 11.8 Å². The van der Waals surface area contributed by atoms with Gasteiger partial charge in [-0.3, -0.25) is 4.90 Å². The summed E-state index contributed by atoms with van der Waals surface area (Å²) in [4.78, 5) is 2.77. The SMILES string of the molecule is C1C[C@H](C2CNC2)CN(C2CSC2)C1. The third-order valence-corrected chi connectivity index (χ3v) is 5.35. The van der Waals surface area contributed by atoms with Gasteiger partial charge in [0.15, 0.2) is 0 Å². The lowest BCUT2D eigenvalue weighted by Crippen LogP contribution is -2.54. The Morgan fingerprint density at radius 3 is 2.57 bits per heavy atom. The zero-order valence-electron chi connectivity index (χ0n) is 8.74. The van der Waals surface area contributed by atoms with Crippen molar-refractivity contribution < 1.29 is 0 Å². The van der Waals surface area contributed by atoms with E-state index in [-0.39, 0.29) is 0 Å². The third-order valence-electron chi connectivity index (χ3n) is 4.11. The molecule has 3 aliphatic rings. The molecule has 2 nitrogen and oxygen atoms in total. The summed E-state index contributed by atoms with van der Waals surface area (Å²) < 4.78 is 0. The van der Waals surface area contributed by atoms with Crippen LogP contribution in [0.3, 0.4) is 0 Å². The fraction of sp³-hybridized carbons (Fsp3) is 1.00. The quantitative estimate of drug-likeness (QED) is 0.736. The van der Waals surface area contributed by atoms with Crippen LogP contribution in [-0.2, 0) is 0 Å². The average Bonchev–Trinajstić information content (AvgIpc) is 1.98. The molecule has 0 unspecified atom stereocenters. The molecular weight excluding hydrogens is 192 g/mol. The third kappa shape index (κ3) is 1.70. The van der Waals surface area contributed by atoms with Crippen molar-refractivity contribution in [3.05, 3.63) is 0 Å². The van der Waals surface area contributed by atoms with Crippen molar-refractivity contribution in [2.24, 2.45) is 11.8 Å². The highest BCUT2D eigenvalue weighted by Gasteiger charge is 2.34. The fourth-order valence-electron chi connectivity index (χ4n) is 2.84. The molecule has 1 atom stereocenters. The van der Waals surface area contributed by atoms with Gasteiger partial charge < -0.3 is 5.32 Å². The van der Waals surface area contributed by atoms with Gasteiger partial charge in [0.05, 0.1) is 0 Å². The Kier molecular flexibility index (Phi) is 2.73. The van der Waals surface area contributed by atoms with Crippen molar-refractivity contribution >= 4 is 11.8 Å². The first-order chi connectivity index (χ1) is 6.93. The van der Waals surface area contributed by atoms with E-state index in [2.05, 4.69) is 22.0 Å². The Morgan fingerprint density at radius 1 is 1.14 bits per heavy atom. The molecule has 0 aromatic carbocycles. The molecule has 0 spiro atoms.